The first-order chi connectivity index (χ1) is 10.1. The molecule has 1 aromatic rings. The van der Waals surface area contributed by atoms with E-state index >= 15 is 0 Å². The van der Waals surface area contributed by atoms with Gasteiger partial charge in [-0.2, -0.15) is 0 Å². The number of ether oxygens (including phenoxy) is 1. The first kappa shape index (κ1) is 16.8. The van der Waals surface area contributed by atoms with Gasteiger partial charge in [0.1, 0.15) is 17.1 Å². The van der Waals surface area contributed by atoms with E-state index in [1.54, 1.807) is 0 Å². The van der Waals surface area contributed by atoms with E-state index in [9.17, 15) is 19.8 Å². The molecule has 1 amide bonds. The van der Waals surface area contributed by atoms with E-state index in [0.717, 1.165) is 19.3 Å². The highest BCUT2D eigenvalue weighted by Gasteiger charge is 2.17. The second-order valence-corrected chi connectivity index (χ2v) is 4.45. The Morgan fingerprint density at radius 1 is 1.14 bits per heavy atom. The van der Waals surface area contributed by atoms with E-state index in [2.05, 4.69) is 5.32 Å². The lowest BCUT2D eigenvalue weighted by Crippen LogP contribution is -2.27. The average Bonchev–Trinajstić information content (AvgIpc) is 2.43. The van der Waals surface area contributed by atoms with E-state index in [0.29, 0.717) is 13.0 Å². The van der Waals surface area contributed by atoms with Gasteiger partial charge in [0.15, 0.2) is 6.73 Å². The zero-order valence-electron chi connectivity index (χ0n) is 11.7. The second-order valence-electron chi connectivity index (χ2n) is 4.45. The summed E-state index contributed by atoms with van der Waals surface area (Å²) in [6, 6.07) is 3.91. The second kappa shape index (κ2) is 8.80. The fourth-order valence-corrected chi connectivity index (χ4v) is 1.69. The predicted octanol–water partition coefficient (Wildman–Crippen LogP) is 0.847. The molecule has 0 atom stereocenters. The Labute approximate surface area is 122 Å². The molecule has 1 aromatic carbocycles. The summed E-state index contributed by atoms with van der Waals surface area (Å²) in [5.74, 6) is -1.91. The molecule has 1 rings (SSSR count). The standard InChI is InChI=1S/C14H20N2O5/c15-8-3-1-2-7-12(19)16-9-21-14(20)13-10(17)5-4-6-11(13)18/h4-6,17-18H,1-3,7-9,15H2,(H,16,19). The van der Waals surface area contributed by atoms with E-state index in [4.69, 9.17) is 10.5 Å². The Balaban J connectivity index is 2.32. The highest BCUT2D eigenvalue weighted by molar-refractivity contribution is 5.95. The molecule has 116 valence electrons. The molecule has 0 aliphatic carbocycles. The molecule has 0 unspecified atom stereocenters. The summed E-state index contributed by atoms with van der Waals surface area (Å²) >= 11 is 0. The average molecular weight is 296 g/mol. The SMILES string of the molecule is NCCCCCC(=O)NCOC(=O)c1c(O)cccc1O. The van der Waals surface area contributed by atoms with Crippen LogP contribution >= 0.6 is 0 Å². The van der Waals surface area contributed by atoms with Gasteiger partial charge in [0.05, 0.1) is 0 Å². The van der Waals surface area contributed by atoms with E-state index in [1.165, 1.54) is 18.2 Å². The molecule has 0 spiro atoms. The fraction of sp³-hybridized carbons (Fsp3) is 0.429. The molecule has 0 saturated heterocycles. The minimum Gasteiger partial charge on any atom is -0.507 e. The van der Waals surface area contributed by atoms with Crippen molar-refractivity contribution >= 4 is 11.9 Å². The van der Waals surface area contributed by atoms with Crippen molar-refractivity contribution in [2.45, 2.75) is 25.7 Å². The van der Waals surface area contributed by atoms with Gasteiger partial charge in [-0.3, -0.25) is 4.79 Å². The van der Waals surface area contributed by atoms with Gasteiger partial charge in [0.25, 0.3) is 0 Å². The van der Waals surface area contributed by atoms with Crippen LogP contribution in [0, 0.1) is 0 Å². The molecule has 0 aromatic heterocycles. The van der Waals surface area contributed by atoms with Crippen LogP contribution in [0.15, 0.2) is 18.2 Å². The third kappa shape index (κ3) is 5.70. The number of hydrogen-bond donors (Lipinski definition) is 4. The van der Waals surface area contributed by atoms with Crippen molar-refractivity contribution in [2.24, 2.45) is 5.73 Å². The Bertz CT molecular complexity index is 470. The van der Waals surface area contributed by atoms with E-state index in [1.807, 2.05) is 0 Å². The number of phenolic OH excluding ortho intramolecular Hbond substituents is 2. The van der Waals surface area contributed by atoms with Crippen molar-refractivity contribution in [1.82, 2.24) is 5.32 Å². The first-order valence-electron chi connectivity index (χ1n) is 6.71. The molecular weight excluding hydrogens is 276 g/mol. The van der Waals surface area contributed by atoms with Crippen LogP contribution in [0.5, 0.6) is 11.5 Å². The summed E-state index contributed by atoms with van der Waals surface area (Å²) in [6.07, 6.45) is 2.79. The highest BCUT2D eigenvalue weighted by atomic mass is 16.5. The number of rotatable bonds is 8. The van der Waals surface area contributed by atoms with Gasteiger partial charge >= 0.3 is 5.97 Å². The number of aromatic hydroxyl groups is 2. The summed E-state index contributed by atoms with van der Waals surface area (Å²) in [4.78, 5) is 23.1. The lowest BCUT2D eigenvalue weighted by Gasteiger charge is -2.09. The number of carbonyl (C=O) groups excluding carboxylic acids is 2. The summed E-state index contributed by atoms with van der Waals surface area (Å²) in [7, 11) is 0. The van der Waals surface area contributed by atoms with Crippen LogP contribution in [0.2, 0.25) is 0 Å². The third-order valence-electron chi connectivity index (χ3n) is 2.81. The molecule has 5 N–H and O–H groups in total. The highest BCUT2D eigenvalue weighted by Crippen LogP contribution is 2.26. The molecule has 7 nitrogen and oxygen atoms in total. The summed E-state index contributed by atoms with van der Waals surface area (Å²) in [5.41, 5.74) is 5.02. The minimum absolute atomic E-state index is 0.235. The number of nitrogens with two attached hydrogens (primary N) is 1. The maximum Gasteiger partial charge on any atom is 0.347 e. The lowest BCUT2D eigenvalue weighted by atomic mass is 10.2. The van der Waals surface area contributed by atoms with Crippen LogP contribution in [0.4, 0.5) is 0 Å². The van der Waals surface area contributed by atoms with E-state index in [-0.39, 0.29) is 29.7 Å². The minimum atomic E-state index is -0.908. The summed E-state index contributed by atoms with van der Waals surface area (Å²) < 4.78 is 4.78. The number of nitrogens with one attached hydrogen (secondary N) is 1. The summed E-state index contributed by atoms with van der Waals surface area (Å²) in [5, 5.41) is 21.4. The number of hydrogen-bond acceptors (Lipinski definition) is 6. The van der Waals surface area contributed by atoms with Crippen molar-refractivity contribution in [1.29, 1.82) is 0 Å². The lowest BCUT2D eigenvalue weighted by molar-refractivity contribution is -0.122. The van der Waals surface area contributed by atoms with Gasteiger partial charge in [-0.25, -0.2) is 4.79 Å². The van der Waals surface area contributed by atoms with Crippen LogP contribution < -0.4 is 11.1 Å². The van der Waals surface area contributed by atoms with Gasteiger partial charge in [-0.15, -0.1) is 0 Å². The zero-order valence-corrected chi connectivity index (χ0v) is 11.7. The number of benzene rings is 1. The number of unbranched alkanes of at least 4 members (excludes halogenated alkanes) is 2. The molecule has 0 saturated carbocycles. The molecule has 0 radical (unpaired) electrons. The van der Waals surface area contributed by atoms with Crippen molar-refractivity contribution < 1.29 is 24.5 Å². The maximum atomic E-state index is 11.7. The van der Waals surface area contributed by atoms with Crippen LogP contribution in [-0.2, 0) is 9.53 Å². The van der Waals surface area contributed by atoms with Crippen molar-refractivity contribution in [3.8, 4) is 11.5 Å². The van der Waals surface area contributed by atoms with Gasteiger partial charge in [0, 0.05) is 6.42 Å². The Morgan fingerprint density at radius 2 is 1.81 bits per heavy atom. The molecule has 0 aliphatic heterocycles. The molecule has 7 heteroatoms. The molecular formula is C14H20N2O5. The predicted molar refractivity (Wildman–Crippen MR) is 75.7 cm³/mol. The topological polar surface area (TPSA) is 122 Å². The first-order valence-corrected chi connectivity index (χ1v) is 6.71. The molecule has 0 heterocycles. The number of carbonyl (C=O) groups is 2. The monoisotopic (exact) mass is 296 g/mol. The van der Waals surface area contributed by atoms with Crippen molar-refractivity contribution in [3.05, 3.63) is 23.8 Å². The smallest absolute Gasteiger partial charge is 0.347 e. The van der Waals surface area contributed by atoms with Crippen LogP contribution in [0.1, 0.15) is 36.0 Å². The number of amides is 1. The number of esters is 1. The van der Waals surface area contributed by atoms with Gasteiger partial charge in [-0.05, 0) is 31.5 Å². The quantitative estimate of drug-likeness (QED) is 0.320. The Hall–Kier alpha value is -2.28. The molecule has 0 aliphatic rings. The molecule has 0 fully saturated rings. The largest absolute Gasteiger partial charge is 0.507 e. The van der Waals surface area contributed by atoms with Gasteiger partial charge in [0.2, 0.25) is 5.91 Å². The fourth-order valence-electron chi connectivity index (χ4n) is 1.69. The van der Waals surface area contributed by atoms with Crippen molar-refractivity contribution in [3.63, 3.8) is 0 Å². The Morgan fingerprint density at radius 3 is 2.43 bits per heavy atom. The van der Waals surface area contributed by atoms with E-state index < -0.39 is 5.97 Å². The normalized spacial score (nSPS) is 10.1. The van der Waals surface area contributed by atoms with Crippen LogP contribution in [0.25, 0.3) is 0 Å². The van der Waals surface area contributed by atoms with Gasteiger partial charge < -0.3 is 26.0 Å². The maximum absolute atomic E-state index is 11.7. The summed E-state index contributed by atoms with van der Waals surface area (Å²) in [6.45, 7) is 0.283. The Kier molecular flexibility index (Phi) is 7.03. The van der Waals surface area contributed by atoms with Crippen LogP contribution in [-0.4, -0.2) is 35.4 Å². The third-order valence-corrected chi connectivity index (χ3v) is 2.81. The van der Waals surface area contributed by atoms with Gasteiger partial charge in [-0.1, -0.05) is 12.5 Å². The number of phenols is 2. The van der Waals surface area contributed by atoms with Crippen LogP contribution in [0.3, 0.4) is 0 Å². The zero-order chi connectivity index (χ0) is 15.7. The van der Waals surface area contributed by atoms with Crippen molar-refractivity contribution in [2.75, 3.05) is 13.3 Å². The molecule has 0 bridgehead atoms. The molecule has 21 heavy (non-hydrogen) atoms.